The number of hydrogen-bond donors (Lipinski definition) is 1. The van der Waals surface area contributed by atoms with E-state index >= 15 is 0 Å². The Morgan fingerprint density at radius 1 is 1.03 bits per heavy atom. The van der Waals surface area contributed by atoms with Gasteiger partial charge in [0.25, 0.3) is 5.56 Å². The SMILES string of the molecule is COC(=O)Cn1c(=O)c2c(n(Cc3ccccc3)c1=O)N/C(=C\c1ccc(Br)cc1)C2=O. The third kappa shape index (κ3) is 4.06. The number of nitrogens with one attached hydrogen (secondary N) is 1. The van der Waals surface area contributed by atoms with Gasteiger partial charge in [-0.1, -0.05) is 58.4 Å². The van der Waals surface area contributed by atoms with Crippen LogP contribution in [0.4, 0.5) is 5.82 Å². The Bertz CT molecular complexity index is 1360. The van der Waals surface area contributed by atoms with Crippen LogP contribution in [0.25, 0.3) is 6.08 Å². The van der Waals surface area contributed by atoms with Crippen LogP contribution in [0.2, 0.25) is 0 Å². The molecule has 2 aromatic carbocycles. The zero-order valence-corrected chi connectivity index (χ0v) is 18.6. The Hall–Kier alpha value is -3.72. The first kappa shape index (κ1) is 21.5. The maximum atomic E-state index is 13.2. The Labute approximate surface area is 190 Å². The number of fused-ring (bicyclic) bond motifs is 1. The highest BCUT2D eigenvalue weighted by Gasteiger charge is 2.33. The van der Waals surface area contributed by atoms with Crippen LogP contribution in [0.5, 0.6) is 0 Å². The van der Waals surface area contributed by atoms with E-state index in [0.717, 1.165) is 27.3 Å². The minimum absolute atomic E-state index is 0.106. The number of carbonyl (C=O) groups excluding carboxylic acids is 2. The fraction of sp³-hybridized carbons (Fsp3) is 0.130. The highest BCUT2D eigenvalue weighted by atomic mass is 79.9. The average molecular weight is 496 g/mol. The topological polar surface area (TPSA) is 99.4 Å². The van der Waals surface area contributed by atoms with Gasteiger partial charge >= 0.3 is 11.7 Å². The lowest BCUT2D eigenvalue weighted by Crippen LogP contribution is -2.44. The molecule has 1 aliphatic heterocycles. The monoisotopic (exact) mass is 495 g/mol. The Morgan fingerprint density at radius 2 is 1.72 bits per heavy atom. The van der Waals surface area contributed by atoms with Gasteiger partial charge in [-0.15, -0.1) is 0 Å². The van der Waals surface area contributed by atoms with Gasteiger partial charge in [0.05, 0.1) is 19.4 Å². The molecule has 0 unspecified atom stereocenters. The standard InChI is InChI=1S/C23H18BrN3O5/c1-32-18(28)13-27-22(30)19-20(29)17(11-14-7-9-16(24)10-8-14)25-21(19)26(23(27)31)12-15-5-3-2-4-6-15/h2-11,25H,12-13H2,1H3/b17-11-. The summed E-state index contributed by atoms with van der Waals surface area (Å²) in [5.74, 6) is -1.20. The molecule has 0 spiro atoms. The van der Waals surface area contributed by atoms with Crippen LogP contribution in [-0.4, -0.2) is 28.0 Å². The maximum absolute atomic E-state index is 13.2. The van der Waals surface area contributed by atoms with Crippen LogP contribution in [0, 0.1) is 0 Å². The number of anilines is 1. The quantitative estimate of drug-likeness (QED) is 0.431. The van der Waals surface area contributed by atoms with Crippen molar-refractivity contribution < 1.29 is 14.3 Å². The third-order valence-corrected chi connectivity index (χ3v) is 5.56. The lowest BCUT2D eigenvalue weighted by molar-refractivity contribution is -0.141. The van der Waals surface area contributed by atoms with E-state index in [9.17, 15) is 19.2 Å². The van der Waals surface area contributed by atoms with Crippen LogP contribution in [-0.2, 0) is 22.6 Å². The number of hydrogen-bond acceptors (Lipinski definition) is 6. The summed E-state index contributed by atoms with van der Waals surface area (Å²) >= 11 is 3.36. The highest BCUT2D eigenvalue weighted by Crippen LogP contribution is 2.26. The second-order valence-corrected chi connectivity index (χ2v) is 8.02. The minimum atomic E-state index is -0.837. The third-order valence-electron chi connectivity index (χ3n) is 5.03. The van der Waals surface area contributed by atoms with E-state index in [1.54, 1.807) is 6.08 Å². The fourth-order valence-corrected chi connectivity index (χ4v) is 3.69. The number of ketones is 1. The average Bonchev–Trinajstić information content (AvgIpc) is 3.12. The molecular formula is C23H18BrN3O5. The van der Waals surface area contributed by atoms with Crippen molar-refractivity contribution in [1.29, 1.82) is 0 Å². The number of Topliss-reactive ketones (excluding diaryl/α,β-unsaturated/α-hetero) is 1. The van der Waals surface area contributed by atoms with Gasteiger partial charge in [0.2, 0.25) is 5.78 Å². The Balaban J connectivity index is 1.87. The summed E-state index contributed by atoms with van der Waals surface area (Å²) < 4.78 is 7.52. The van der Waals surface area contributed by atoms with E-state index in [4.69, 9.17) is 0 Å². The van der Waals surface area contributed by atoms with Gasteiger partial charge in [-0.2, -0.15) is 0 Å². The number of methoxy groups -OCH3 is 1. The van der Waals surface area contributed by atoms with Crippen molar-refractivity contribution in [3.05, 3.63) is 102 Å². The normalized spacial score (nSPS) is 13.7. The molecule has 0 amide bonds. The van der Waals surface area contributed by atoms with Crippen LogP contribution >= 0.6 is 15.9 Å². The summed E-state index contributed by atoms with van der Waals surface area (Å²) in [6.07, 6.45) is 1.61. The second-order valence-electron chi connectivity index (χ2n) is 7.11. The summed E-state index contributed by atoms with van der Waals surface area (Å²) in [6, 6.07) is 16.4. The van der Waals surface area contributed by atoms with Crippen molar-refractivity contribution in [2.75, 3.05) is 12.4 Å². The molecule has 32 heavy (non-hydrogen) atoms. The predicted octanol–water partition coefficient (Wildman–Crippen LogP) is 2.64. The van der Waals surface area contributed by atoms with Crippen molar-refractivity contribution >= 4 is 39.6 Å². The molecule has 0 saturated carbocycles. The van der Waals surface area contributed by atoms with Gasteiger partial charge in [-0.05, 0) is 29.3 Å². The van der Waals surface area contributed by atoms with Gasteiger partial charge in [0, 0.05) is 4.47 Å². The number of aromatic nitrogens is 2. The zero-order valence-electron chi connectivity index (χ0n) is 17.0. The maximum Gasteiger partial charge on any atom is 0.333 e. The molecule has 0 fully saturated rings. The fourth-order valence-electron chi connectivity index (χ4n) is 3.43. The molecule has 0 bridgehead atoms. The highest BCUT2D eigenvalue weighted by molar-refractivity contribution is 9.10. The number of benzene rings is 2. The van der Waals surface area contributed by atoms with E-state index in [1.165, 1.54) is 4.57 Å². The summed E-state index contributed by atoms with van der Waals surface area (Å²) in [5, 5.41) is 2.95. The predicted molar refractivity (Wildman–Crippen MR) is 123 cm³/mol. The second kappa shape index (κ2) is 8.80. The lowest BCUT2D eigenvalue weighted by atomic mass is 10.1. The molecule has 0 atom stereocenters. The molecule has 1 aromatic heterocycles. The molecule has 0 radical (unpaired) electrons. The molecule has 0 aliphatic carbocycles. The first-order chi connectivity index (χ1) is 15.4. The summed E-state index contributed by atoms with van der Waals surface area (Å²) in [5.41, 5.74) is -0.0442. The van der Waals surface area contributed by atoms with Gasteiger partial charge in [-0.25, -0.2) is 9.36 Å². The molecule has 2 heterocycles. The largest absolute Gasteiger partial charge is 0.468 e. The number of esters is 1. The van der Waals surface area contributed by atoms with E-state index in [2.05, 4.69) is 26.0 Å². The number of halogens is 1. The first-order valence-corrected chi connectivity index (χ1v) is 10.5. The van der Waals surface area contributed by atoms with Crippen LogP contribution in [0.3, 0.4) is 0 Å². The first-order valence-electron chi connectivity index (χ1n) is 9.66. The van der Waals surface area contributed by atoms with Gasteiger partial charge in [-0.3, -0.25) is 19.0 Å². The summed E-state index contributed by atoms with van der Waals surface area (Å²) in [7, 11) is 1.16. The van der Waals surface area contributed by atoms with Crippen LogP contribution < -0.4 is 16.6 Å². The van der Waals surface area contributed by atoms with Crippen molar-refractivity contribution in [3.8, 4) is 0 Å². The molecule has 3 aromatic rings. The number of nitrogens with zero attached hydrogens (tertiary/aromatic N) is 2. The molecule has 8 nitrogen and oxygen atoms in total. The van der Waals surface area contributed by atoms with Gasteiger partial charge in [0.15, 0.2) is 0 Å². The summed E-state index contributed by atoms with van der Waals surface area (Å²) in [4.78, 5) is 51.1. The number of allylic oxidation sites excluding steroid dienone is 1. The Morgan fingerprint density at radius 3 is 2.38 bits per heavy atom. The Kier molecular flexibility index (Phi) is 5.91. The van der Waals surface area contributed by atoms with Crippen molar-refractivity contribution in [1.82, 2.24) is 9.13 Å². The van der Waals surface area contributed by atoms with E-state index in [1.807, 2.05) is 54.6 Å². The molecule has 162 valence electrons. The molecule has 1 aliphatic rings. The molecule has 1 N–H and O–H groups in total. The van der Waals surface area contributed by atoms with Gasteiger partial charge in [0.1, 0.15) is 17.9 Å². The minimum Gasteiger partial charge on any atom is -0.468 e. The van der Waals surface area contributed by atoms with Crippen molar-refractivity contribution in [2.24, 2.45) is 0 Å². The zero-order chi connectivity index (χ0) is 22.8. The van der Waals surface area contributed by atoms with E-state index in [-0.39, 0.29) is 23.6 Å². The molecule has 9 heteroatoms. The number of ether oxygens (including phenoxy) is 1. The van der Waals surface area contributed by atoms with E-state index < -0.39 is 29.5 Å². The van der Waals surface area contributed by atoms with E-state index in [0.29, 0.717) is 0 Å². The van der Waals surface area contributed by atoms with Crippen molar-refractivity contribution in [2.45, 2.75) is 13.1 Å². The molecular weight excluding hydrogens is 478 g/mol. The van der Waals surface area contributed by atoms with Gasteiger partial charge < -0.3 is 10.1 Å². The van der Waals surface area contributed by atoms with Crippen LogP contribution in [0.15, 0.2) is 74.4 Å². The van der Waals surface area contributed by atoms with Crippen molar-refractivity contribution in [3.63, 3.8) is 0 Å². The lowest BCUT2D eigenvalue weighted by Gasteiger charge is -2.14. The molecule has 0 saturated heterocycles. The molecule has 4 rings (SSSR count). The van der Waals surface area contributed by atoms with Crippen LogP contribution in [0.1, 0.15) is 21.5 Å². The number of carbonyl (C=O) groups is 2. The summed E-state index contributed by atoms with van der Waals surface area (Å²) in [6.45, 7) is -0.482. The smallest absolute Gasteiger partial charge is 0.333 e. The number of rotatable bonds is 5.